The molecule has 0 saturated heterocycles. The first-order valence-electron chi connectivity index (χ1n) is 6.39. The third kappa shape index (κ3) is 2.36. The van der Waals surface area contributed by atoms with Gasteiger partial charge in [-0.05, 0) is 26.0 Å². The average Bonchev–Trinajstić information content (AvgIpc) is 2.41. The van der Waals surface area contributed by atoms with Crippen molar-refractivity contribution in [2.24, 2.45) is 0 Å². The van der Waals surface area contributed by atoms with E-state index in [1.165, 1.54) is 18.5 Å². The Hall–Kier alpha value is -2.37. The van der Waals surface area contributed by atoms with Crippen LogP contribution < -0.4 is 11.0 Å². The normalized spacial score (nSPS) is 11.6. The van der Waals surface area contributed by atoms with Gasteiger partial charge in [0.25, 0.3) is 5.56 Å². The Morgan fingerprint density at radius 2 is 2.05 bits per heavy atom. The Labute approximate surface area is 116 Å². The van der Waals surface area contributed by atoms with Gasteiger partial charge < -0.3 is 10.5 Å². The first-order chi connectivity index (χ1) is 9.36. The van der Waals surface area contributed by atoms with E-state index in [4.69, 9.17) is 0 Å². The quantitative estimate of drug-likeness (QED) is 0.880. The lowest BCUT2D eigenvalue weighted by Gasteiger charge is -2.25. The lowest BCUT2D eigenvalue weighted by Crippen LogP contribution is -2.49. The highest BCUT2D eigenvalue weighted by molar-refractivity contribution is 5.80. The zero-order valence-electron chi connectivity index (χ0n) is 11.7. The molecule has 6 nitrogen and oxygen atoms in total. The van der Waals surface area contributed by atoms with Crippen LogP contribution in [0.25, 0.3) is 10.9 Å². The van der Waals surface area contributed by atoms with Crippen LogP contribution >= 0.6 is 0 Å². The molecule has 2 aromatic rings. The number of aromatic nitrogens is 2. The summed E-state index contributed by atoms with van der Waals surface area (Å²) >= 11 is 0. The number of para-hydroxylation sites is 1. The molecule has 0 saturated carbocycles. The van der Waals surface area contributed by atoms with Gasteiger partial charge in [-0.25, -0.2) is 14.5 Å². The Morgan fingerprint density at radius 1 is 1.40 bits per heavy atom. The van der Waals surface area contributed by atoms with Crippen LogP contribution in [0.4, 0.5) is 0 Å². The highest BCUT2D eigenvalue weighted by atomic mass is 16.4. The summed E-state index contributed by atoms with van der Waals surface area (Å²) in [5.74, 6) is -0.539. The van der Waals surface area contributed by atoms with E-state index in [9.17, 15) is 14.7 Å². The van der Waals surface area contributed by atoms with Crippen molar-refractivity contribution < 1.29 is 9.90 Å². The van der Waals surface area contributed by atoms with Crippen molar-refractivity contribution in [3.05, 3.63) is 40.4 Å². The van der Waals surface area contributed by atoms with E-state index in [2.05, 4.69) is 10.4 Å². The van der Waals surface area contributed by atoms with Crippen LogP contribution in [0.5, 0.6) is 0 Å². The Morgan fingerprint density at radius 3 is 2.65 bits per heavy atom. The predicted molar refractivity (Wildman–Crippen MR) is 76.5 cm³/mol. The van der Waals surface area contributed by atoms with Crippen molar-refractivity contribution in [2.45, 2.75) is 32.7 Å². The second-order valence-corrected chi connectivity index (χ2v) is 5.08. The minimum atomic E-state index is -1.27. The number of nitrogens with zero attached hydrogens (tertiary/aromatic N) is 2. The molecule has 0 aliphatic carbocycles. The fraction of sp³-hybridized carbons (Fsp3) is 0.357. The summed E-state index contributed by atoms with van der Waals surface area (Å²) in [5, 5.41) is 9.63. The van der Waals surface area contributed by atoms with Crippen molar-refractivity contribution in [3.8, 4) is 0 Å². The van der Waals surface area contributed by atoms with Crippen molar-refractivity contribution in [2.75, 3.05) is 5.43 Å². The Kier molecular flexibility index (Phi) is 3.48. The summed E-state index contributed by atoms with van der Waals surface area (Å²) in [4.78, 5) is 28.1. The number of aryl methyl sites for hydroxylation is 1. The second-order valence-electron chi connectivity index (χ2n) is 5.08. The largest absolute Gasteiger partial charge is 0.479 e. The minimum absolute atomic E-state index is 0.290. The topological polar surface area (TPSA) is 84.2 Å². The number of aliphatic carboxylic acids is 1. The van der Waals surface area contributed by atoms with Crippen molar-refractivity contribution >= 4 is 16.9 Å². The smallest absolute Gasteiger partial charge is 0.330 e. The fourth-order valence-electron chi connectivity index (χ4n) is 1.86. The van der Waals surface area contributed by atoms with E-state index in [-0.39, 0.29) is 5.56 Å². The van der Waals surface area contributed by atoms with Crippen LogP contribution in [0.2, 0.25) is 0 Å². The van der Waals surface area contributed by atoms with E-state index in [0.717, 1.165) is 0 Å². The predicted octanol–water partition coefficient (Wildman–Crippen LogP) is 1.37. The van der Waals surface area contributed by atoms with Gasteiger partial charge in [0.2, 0.25) is 0 Å². The molecule has 2 rings (SSSR count). The number of benzene rings is 1. The maximum Gasteiger partial charge on any atom is 0.330 e. The van der Waals surface area contributed by atoms with E-state index >= 15 is 0 Å². The summed E-state index contributed by atoms with van der Waals surface area (Å²) < 4.78 is 1.23. The van der Waals surface area contributed by atoms with Crippen LogP contribution in [0.1, 0.15) is 26.6 Å². The van der Waals surface area contributed by atoms with Crippen LogP contribution in [-0.4, -0.2) is 26.3 Å². The zero-order chi connectivity index (χ0) is 14.9. The Balaban J connectivity index is 2.66. The molecular formula is C14H17N3O3. The molecule has 1 aromatic carbocycles. The molecule has 0 unspecified atom stereocenters. The molecule has 0 radical (unpaired) electrons. The molecule has 106 valence electrons. The van der Waals surface area contributed by atoms with Gasteiger partial charge in [-0.3, -0.25) is 4.79 Å². The SMILES string of the molecule is CCc1nc2ccccc2c(=O)n1NC(C)(C)C(=O)O. The van der Waals surface area contributed by atoms with E-state index in [0.29, 0.717) is 23.1 Å². The molecule has 6 heteroatoms. The van der Waals surface area contributed by atoms with Gasteiger partial charge in [0.05, 0.1) is 10.9 Å². The molecule has 1 aromatic heterocycles. The number of carbonyl (C=O) groups is 1. The molecular weight excluding hydrogens is 258 g/mol. The van der Waals surface area contributed by atoms with Gasteiger partial charge in [-0.15, -0.1) is 0 Å². The standard InChI is InChI=1S/C14H17N3O3/c1-4-11-15-10-8-6-5-7-9(10)12(18)17(11)16-14(2,3)13(19)20/h5-8,16H,4H2,1-3H3,(H,19,20). The molecule has 0 spiro atoms. The number of fused-ring (bicyclic) bond motifs is 1. The van der Waals surface area contributed by atoms with E-state index < -0.39 is 11.5 Å². The highest BCUT2D eigenvalue weighted by Gasteiger charge is 2.28. The number of carboxylic acids is 1. The molecule has 0 aliphatic rings. The zero-order valence-corrected chi connectivity index (χ0v) is 11.7. The molecule has 2 N–H and O–H groups in total. The number of nitrogens with one attached hydrogen (secondary N) is 1. The van der Waals surface area contributed by atoms with E-state index in [1.807, 2.05) is 13.0 Å². The molecule has 0 amide bonds. The van der Waals surface area contributed by atoms with Crippen molar-refractivity contribution in [1.82, 2.24) is 9.66 Å². The van der Waals surface area contributed by atoms with Gasteiger partial charge in [-0.1, -0.05) is 19.1 Å². The number of carboxylic acid groups (broad SMARTS) is 1. The Bertz CT molecular complexity index is 719. The molecule has 1 heterocycles. The van der Waals surface area contributed by atoms with Gasteiger partial charge in [-0.2, -0.15) is 0 Å². The lowest BCUT2D eigenvalue weighted by atomic mass is 10.1. The maximum atomic E-state index is 12.5. The third-order valence-corrected chi connectivity index (χ3v) is 3.09. The highest BCUT2D eigenvalue weighted by Crippen LogP contribution is 2.10. The van der Waals surface area contributed by atoms with Gasteiger partial charge >= 0.3 is 5.97 Å². The molecule has 0 aliphatic heterocycles. The summed E-state index contributed by atoms with van der Waals surface area (Å²) in [6.07, 6.45) is 0.517. The average molecular weight is 275 g/mol. The number of rotatable bonds is 4. The number of hydrogen-bond donors (Lipinski definition) is 2. The summed E-state index contributed by atoms with van der Waals surface area (Å²) in [7, 11) is 0. The van der Waals surface area contributed by atoms with E-state index in [1.54, 1.807) is 18.2 Å². The molecule has 0 fully saturated rings. The van der Waals surface area contributed by atoms with Crippen molar-refractivity contribution in [3.63, 3.8) is 0 Å². The summed E-state index contributed by atoms with van der Waals surface area (Å²) in [6, 6.07) is 7.01. The van der Waals surface area contributed by atoms with Gasteiger partial charge in [0.15, 0.2) is 0 Å². The third-order valence-electron chi connectivity index (χ3n) is 3.09. The van der Waals surface area contributed by atoms with Crippen LogP contribution in [0, 0.1) is 0 Å². The molecule has 20 heavy (non-hydrogen) atoms. The first kappa shape index (κ1) is 14.0. The minimum Gasteiger partial charge on any atom is -0.479 e. The van der Waals surface area contributed by atoms with Gasteiger partial charge in [0.1, 0.15) is 11.4 Å². The molecule has 0 bridgehead atoms. The second kappa shape index (κ2) is 4.96. The van der Waals surface area contributed by atoms with Crippen LogP contribution in [0.15, 0.2) is 29.1 Å². The first-order valence-corrected chi connectivity index (χ1v) is 6.39. The summed E-state index contributed by atoms with van der Waals surface area (Å²) in [6.45, 7) is 4.86. The monoisotopic (exact) mass is 275 g/mol. The maximum absolute atomic E-state index is 12.5. The lowest BCUT2D eigenvalue weighted by molar-refractivity contribution is -0.141. The fourth-order valence-corrected chi connectivity index (χ4v) is 1.86. The van der Waals surface area contributed by atoms with Gasteiger partial charge in [0, 0.05) is 6.42 Å². The van der Waals surface area contributed by atoms with Crippen LogP contribution in [0.3, 0.4) is 0 Å². The number of hydrogen-bond acceptors (Lipinski definition) is 4. The molecule has 0 atom stereocenters. The van der Waals surface area contributed by atoms with Crippen molar-refractivity contribution in [1.29, 1.82) is 0 Å². The summed E-state index contributed by atoms with van der Waals surface area (Å²) in [5.41, 5.74) is 1.80. The van der Waals surface area contributed by atoms with Crippen LogP contribution in [-0.2, 0) is 11.2 Å².